The highest BCUT2D eigenvalue weighted by molar-refractivity contribution is 5.01. The molecule has 0 aromatic carbocycles. The number of hydrogen-bond donors (Lipinski definition) is 1. The molecule has 3 heteroatoms. The number of aliphatic hydroxyl groups is 1. The first-order valence-corrected chi connectivity index (χ1v) is 5.91. The van der Waals surface area contributed by atoms with E-state index in [1.54, 1.807) is 0 Å². The highest BCUT2D eigenvalue weighted by Crippen LogP contribution is 2.30. The molecule has 3 nitrogen and oxygen atoms in total. The Morgan fingerprint density at radius 3 is 2.80 bits per heavy atom. The number of aliphatic hydroxyl groups excluding tert-OH is 1. The standard InChI is InChI=1S/C12H20N2O/c1-9(2)12-13-7-8-14(12)10-5-3-4-6-11(10)15/h7-11,15H,3-6H2,1-2H3/t10-,11+/m1/s1. The third kappa shape index (κ3) is 2.07. The van der Waals surface area contributed by atoms with Crippen molar-refractivity contribution in [2.45, 2.75) is 57.6 Å². The normalized spacial score (nSPS) is 27.2. The maximum atomic E-state index is 10.00. The Balaban J connectivity index is 2.23. The Labute approximate surface area is 91.1 Å². The number of rotatable bonds is 2. The molecule has 2 rings (SSSR count). The van der Waals surface area contributed by atoms with Crippen molar-refractivity contribution in [3.05, 3.63) is 18.2 Å². The Kier molecular flexibility index (Phi) is 3.10. The van der Waals surface area contributed by atoms with Crippen LogP contribution in [0.1, 0.15) is 57.3 Å². The van der Waals surface area contributed by atoms with E-state index in [0.29, 0.717) is 5.92 Å². The minimum absolute atomic E-state index is 0.189. The summed E-state index contributed by atoms with van der Waals surface area (Å²) in [4.78, 5) is 4.38. The highest BCUT2D eigenvalue weighted by Gasteiger charge is 2.26. The van der Waals surface area contributed by atoms with Crippen molar-refractivity contribution < 1.29 is 5.11 Å². The first-order valence-electron chi connectivity index (χ1n) is 5.91. The lowest BCUT2D eigenvalue weighted by molar-refractivity contribution is 0.0737. The second-order valence-electron chi connectivity index (χ2n) is 4.77. The average molecular weight is 208 g/mol. The van der Waals surface area contributed by atoms with E-state index < -0.39 is 0 Å². The summed E-state index contributed by atoms with van der Waals surface area (Å²) in [5.41, 5.74) is 0. The fourth-order valence-electron chi connectivity index (χ4n) is 2.47. The monoisotopic (exact) mass is 208 g/mol. The van der Waals surface area contributed by atoms with Crippen LogP contribution in [-0.2, 0) is 0 Å². The molecule has 2 atom stereocenters. The Morgan fingerprint density at radius 1 is 1.40 bits per heavy atom. The number of aromatic nitrogens is 2. The van der Waals surface area contributed by atoms with Gasteiger partial charge in [-0.25, -0.2) is 4.98 Å². The Morgan fingerprint density at radius 2 is 2.13 bits per heavy atom. The minimum atomic E-state index is -0.189. The second-order valence-corrected chi connectivity index (χ2v) is 4.77. The van der Waals surface area contributed by atoms with Crippen molar-refractivity contribution >= 4 is 0 Å². The summed E-state index contributed by atoms with van der Waals surface area (Å²) >= 11 is 0. The molecule has 0 spiro atoms. The van der Waals surface area contributed by atoms with Crippen LogP contribution >= 0.6 is 0 Å². The zero-order chi connectivity index (χ0) is 10.8. The van der Waals surface area contributed by atoms with E-state index in [9.17, 15) is 5.11 Å². The molecule has 0 unspecified atom stereocenters. The zero-order valence-corrected chi connectivity index (χ0v) is 9.56. The van der Waals surface area contributed by atoms with Gasteiger partial charge < -0.3 is 9.67 Å². The van der Waals surface area contributed by atoms with Crippen molar-refractivity contribution in [1.29, 1.82) is 0 Å². The SMILES string of the molecule is CC(C)c1nccn1[C@@H]1CCCC[C@@H]1O. The second kappa shape index (κ2) is 4.35. The number of hydrogen-bond acceptors (Lipinski definition) is 2. The van der Waals surface area contributed by atoms with Crippen molar-refractivity contribution in [3.8, 4) is 0 Å². The van der Waals surface area contributed by atoms with E-state index in [-0.39, 0.29) is 12.1 Å². The molecular weight excluding hydrogens is 188 g/mol. The zero-order valence-electron chi connectivity index (χ0n) is 9.56. The molecule has 1 aliphatic carbocycles. The van der Waals surface area contributed by atoms with E-state index >= 15 is 0 Å². The van der Waals surface area contributed by atoms with Gasteiger partial charge in [0.15, 0.2) is 0 Å². The average Bonchev–Trinajstić information content (AvgIpc) is 2.67. The number of imidazole rings is 1. The lowest BCUT2D eigenvalue weighted by Gasteiger charge is -2.30. The van der Waals surface area contributed by atoms with Gasteiger partial charge in [-0.15, -0.1) is 0 Å². The molecule has 0 amide bonds. The molecule has 0 aliphatic heterocycles. The molecule has 84 valence electrons. The third-order valence-corrected chi connectivity index (χ3v) is 3.27. The van der Waals surface area contributed by atoms with Gasteiger partial charge >= 0.3 is 0 Å². The first-order chi connectivity index (χ1) is 7.20. The van der Waals surface area contributed by atoms with E-state index in [1.807, 2.05) is 12.4 Å². The topological polar surface area (TPSA) is 38.0 Å². The first kappa shape index (κ1) is 10.7. The van der Waals surface area contributed by atoms with E-state index in [1.165, 1.54) is 6.42 Å². The molecule has 1 N–H and O–H groups in total. The molecule has 0 saturated heterocycles. The Bertz CT molecular complexity index is 319. The summed E-state index contributed by atoms with van der Waals surface area (Å²) in [6.45, 7) is 4.29. The molecule has 15 heavy (non-hydrogen) atoms. The van der Waals surface area contributed by atoms with Gasteiger partial charge in [-0.3, -0.25) is 0 Å². The van der Waals surface area contributed by atoms with E-state index in [2.05, 4.69) is 23.4 Å². The fraction of sp³-hybridized carbons (Fsp3) is 0.750. The van der Waals surface area contributed by atoms with Gasteiger partial charge in [0.2, 0.25) is 0 Å². The largest absolute Gasteiger partial charge is 0.391 e. The van der Waals surface area contributed by atoms with Gasteiger partial charge in [0.1, 0.15) is 5.82 Å². The molecule has 1 saturated carbocycles. The summed E-state index contributed by atoms with van der Waals surface area (Å²) < 4.78 is 2.18. The smallest absolute Gasteiger partial charge is 0.111 e. The van der Waals surface area contributed by atoms with Gasteiger partial charge in [-0.2, -0.15) is 0 Å². The van der Waals surface area contributed by atoms with Gasteiger partial charge in [0.25, 0.3) is 0 Å². The van der Waals surface area contributed by atoms with Gasteiger partial charge in [0, 0.05) is 18.3 Å². The minimum Gasteiger partial charge on any atom is -0.391 e. The lowest BCUT2D eigenvalue weighted by atomic mass is 9.92. The molecule has 1 aliphatic rings. The summed E-state index contributed by atoms with van der Waals surface area (Å²) in [7, 11) is 0. The molecule has 1 heterocycles. The summed E-state index contributed by atoms with van der Waals surface area (Å²) in [5, 5.41) is 10.00. The van der Waals surface area contributed by atoms with Crippen LogP contribution in [-0.4, -0.2) is 20.8 Å². The maximum absolute atomic E-state index is 10.00. The molecule has 1 aromatic rings. The van der Waals surface area contributed by atoms with Crippen molar-refractivity contribution in [3.63, 3.8) is 0 Å². The van der Waals surface area contributed by atoms with Gasteiger partial charge in [-0.05, 0) is 12.8 Å². The molecule has 1 aromatic heterocycles. The lowest BCUT2D eigenvalue weighted by Crippen LogP contribution is -2.28. The number of nitrogens with zero attached hydrogens (tertiary/aromatic N) is 2. The molecular formula is C12H20N2O. The summed E-state index contributed by atoms with van der Waals surface area (Å²) in [5.74, 6) is 1.52. The maximum Gasteiger partial charge on any atom is 0.111 e. The quantitative estimate of drug-likeness (QED) is 0.810. The molecule has 0 radical (unpaired) electrons. The Hall–Kier alpha value is -0.830. The van der Waals surface area contributed by atoms with Crippen LogP contribution in [0.15, 0.2) is 12.4 Å². The van der Waals surface area contributed by atoms with Crippen molar-refractivity contribution in [1.82, 2.24) is 9.55 Å². The van der Waals surface area contributed by atoms with Crippen LogP contribution in [0.4, 0.5) is 0 Å². The van der Waals surface area contributed by atoms with Crippen molar-refractivity contribution in [2.24, 2.45) is 0 Å². The van der Waals surface area contributed by atoms with Crippen LogP contribution in [0.2, 0.25) is 0 Å². The van der Waals surface area contributed by atoms with Crippen molar-refractivity contribution in [2.75, 3.05) is 0 Å². The van der Waals surface area contributed by atoms with Crippen LogP contribution in [0.25, 0.3) is 0 Å². The fourth-order valence-corrected chi connectivity index (χ4v) is 2.47. The van der Waals surface area contributed by atoms with Crippen LogP contribution < -0.4 is 0 Å². The highest BCUT2D eigenvalue weighted by atomic mass is 16.3. The summed E-state index contributed by atoms with van der Waals surface area (Å²) in [6, 6.07) is 0.249. The molecule has 0 bridgehead atoms. The van der Waals surface area contributed by atoms with Crippen LogP contribution in [0.3, 0.4) is 0 Å². The predicted octanol–water partition coefficient (Wildman–Crippen LogP) is 2.48. The van der Waals surface area contributed by atoms with Crippen LogP contribution in [0, 0.1) is 0 Å². The van der Waals surface area contributed by atoms with Gasteiger partial charge in [-0.1, -0.05) is 26.7 Å². The van der Waals surface area contributed by atoms with Crippen LogP contribution in [0.5, 0.6) is 0 Å². The van der Waals surface area contributed by atoms with E-state index in [4.69, 9.17) is 0 Å². The van der Waals surface area contributed by atoms with Gasteiger partial charge in [0.05, 0.1) is 12.1 Å². The van der Waals surface area contributed by atoms with E-state index in [0.717, 1.165) is 25.1 Å². The third-order valence-electron chi connectivity index (χ3n) is 3.27. The summed E-state index contributed by atoms with van der Waals surface area (Å²) in [6.07, 6.45) is 8.05. The molecule has 1 fully saturated rings. The predicted molar refractivity (Wildman–Crippen MR) is 59.8 cm³/mol.